The van der Waals surface area contributed by atoms with Crippen LogP contribution in [0.4, 0.5) is 0 Å². The van der Waals surface area contributed by atoms with Gasteiger partial charge in [-0.2, -0.15) is 5.26 Å². The average Bonchev–Trinajstić information content (AvgIpc) is 2.14. The van der Waals surface area contributed by atoms with Crippen molar-refractivity contribution in [2.24, 2.45) is 4.99 Å². The van der Waals surface area contributed by atoms with Crippen LogP contribution < -0.4 is 5.32 Å². The Kier molecular flexibility index (Phi) is 4.35. The number of aliphatic imine (C=N–C) groups is 1. The third kappa shape index (κ3) is 4.15. The van der Waals surface area contributed by atoms with E-state index in [4.69, 9.17) is 28.5 Å². The monoisotopic (exact) mass is 242 g/mol. The molecule has 4 nitrogen and oxygen atoms in total. The van der Waals surface area contributed by atoms with Crippen molar-refractivity contribution in [3.63, 3.8) is 0 Å². The van der Waals surface area contributed by atoms with E-state index in [2.05, 4.69) is 15.3 Å². The number of rotatable bonds is 2. The second kappa shape index (κ2) is 5.54. The minimum Gasteiger partial charge on any atom is -0.281 e. The Morgan fingerprint density at radius 2 is 2.13 bits per heavy atom. The third-order valence-corrected chi connectivity index (χ3v) is 1.95. The summed E-state index contributed by atoms with van der Waals surface area (Å²) in [4.78, 5) is 7.92. The van der Waals surface area contributed by atoms with Crippen molar-refractivity contribution in [1.29, 1.82) is 5.26 Å². The molecular weight excluding hydrogens is 235 g/mol. The highest BCUT2D eigenvalue weighted by atomic mass is 35.5. The molecule has 15 heavy (non-hydrogen) atoms. The van der Waals surface area contributed by atoms with Crippen LogP contribution in [-0.2, 0) is 6.54 Å². The first kappa shape index (κ1) is 11.8. The molecule has 0 bridgehead atoms. The summed E-state index contributed by atoms with van der Waals surface area (Å²) in [6, 6.07) is 3.35. The number of aromatic nitrogens is 1. The van der Waals surface area contributed by atoms with E-state index in [1.54, 1.807) is 25.2 Å². The van der Waals surface area contributed by atoms with Gasteiger partial charge in [-0.1, -0.05) is 23.2 Å². The van der Waals surface area contributed by atoms with Gasteiger partial charge < -0.3 is 0 Å². The van der Waals surface area contributed by atoms with Crippen LogP contribution in [-0.4, -0.2) is 10.8 Å². The average molecular weight is 243 g/mol. The zero-order chi connectivity index (χ0) is 11.3. The SMILES string of the molecule is CC(=NCc1cc(Cl)nc(Cl)c1)NC#N. The van der Waals surface area contributed by atoms with Gasteiger partial charge in [0.05, 0.1) is 6.54 Å². The number of amidine groups is 1. The van der Waals surface area contributed by atoms with Crippen molar-refractivity contribution in [2.75, 3.05) is 0 Å². The molecule has 1 heterocycles. The Morgan fingerprint density at radius 1 is 1.53 bits per heavy atom. The lowest BCUT2D eigenvalue weighted by Crippen LogP contribution is -2.13. The van der Waals surface area contributed by atoms with Crippen LogP contribution in [0.5, 0.6) is 0 Å². The molecule has 0 fully saturated rings. The smallest absolute Gasteiger partial charge is 0.182 e. The third-order valence-electron chi connectivity index (χ3n) is 1.56. The Labute approximate surface area is 97.6 Å². The minimum absolute atomic E-state index is 0.332. The Morgan fingerprint density at radius 3 is 2.67 bits per heavy atom. The van der Waals surface area contributed by atoms with Crippen molar-refractivity contribution in [3.05, 3.63) is 28.0 Å². The zero-order valence-corrected chi connectivity index (χ0v) is 9.47. The fraction of sp³-hybridized carbons (Fsp3) is 0.222. The highest BCUT2D eigenvalue weighted by Gasteiger charge is 1.98. The molecule has 0 spiro atoms. The summed E-state index contributed by atoms with van der Waals surface area (Å²) in [7, 11) is 0. The molecule has 1 rings (SSSR count). The van der Waals surface area contributed by atoms with Crippen molar-refractivity contribution in [2.45, 2.75) is 13.5 Å². The maximum atomic E-state index is 8.33. The predicted molar refractivity (Wildman–Crippen MR) is 59.8 cm³/mol. The Balaban J connectivity index is 2.74. The number of pyridine rings is 1. The molecule has 0 amide bonds. The first-order valence-corrected chi connectivity index (χ1v) is 4.85. The van der Waals surface area contributed by atoms with Crippen molar-refractivity contribution < 1.29 is 0 Å². The van der Waals surface area contributed by atoms with Gasteiger partial charge in [0.1, 0.15) is 16.1 Å². The molecule has 0 aromatic carbocycles. The van der Waals surface area contributed by atoms with Crippen LogP contribution in [0, 0.1) is 11.5 Å². The van der Waals surface area contributed by atoms with Gasteiger partial charge >= 0.3 is 0 Å². The number of nitrogens with zero attached hydrogens (tertiary/aromatic N) is 3. The van der Waals surface area contributed by atoms with E-state index in [9.17, 15) is 0 Å². The molecule has 0 atom stereocenters. The first-order valence-electron chi connectivity index (χ1n) is 4.10. The van der Waals surface area contributed by atoms with Gasteiger partial charge in [-0.15, -0.1) is 0 Å². The van der Waals surface area contributed by atoms with E-state index in [1.165, 1.54) is 0 Å². The van der Waals surface area contributed by atoms with Crippen LogP contribution in [0.15, 0.2) is 17.1 Å². The van der Waals surface area contributed by atoms with Crippen LogP contribution in [0.2, 0.25) is 10.3 Å². The summed E-state index contributed by atoms with van der Waals surface area (Å²) >= 11 is 11.4. The Hall–Kier alpha value is -1.31. The van der Waals surface area contributed by atoms with E-state index >= 15 is 0 Å². The normalized spacial score (nSPS) is 10.9. The van der Waals surface area contributed by atoms with Crippen molar-refractivity contribution in [1.82, 2.24) is 10.3 Å². The second-order valence-corrected chi connectivity index (χ2v) is 3.53. The topological polar surface area (TPSA) is 61.1 Å². The molecule has 0 saturated heterocycles. The maximum Gasteiger partial charge on any atom is 0.182 e. The molecule has 0 aliphatic rings. The van der Waals surface area contributed by atoms with Crippen molar-refractivity contribution >= 4 is 29.0 Å². The van der Waals surface area contributed by atoms with E-state index in [-0.39, 0.29) is 0 Å². The molecular formula is C9H8Cl2N4. The van der Waals surface area contributed by atoms with Crippen LogP contribution >= 0.6 is 23.2 Å². The quantitative estimate of drug-likeness (QED) is 0.285. The largest absolute Gasteiger partial charge is 0.281 e. The highest BCUT2D eigenvalue weighted by molar-refractivity contribution is 6.32. The van der Waals surface area contributed by atoms with E-state index in [0.29, 0.717) is 22.7 Å². The van der Waals surface area contributed by atoms with Crippen LogP contribution in [0.1, 0.15) is 12.5 Å². The fourth-order valence-corrected chi connectivity index (χ4v) is 1.44. The van der Waals surface area contributed by atoms with Gasteiger partial charge in [0.2, 0.25) is 0 Å². The lowest BCUT2D eigenvalue weighted by molar-refractivity contribution is 1.03. The molecule has 0 saturated carbocycles. The summed E-state index contributed by atoms with van der Waals surface area (Å²) in [5, 5.41) is 11.4. The van der Waals surface area contributed by atoms with E-state index < -0.39 is 0 Å². The van der Waals surface area contributed by atoms with Crippen molar-refractivity contribution in [3.8, 4) is 6.19 Å². The van der Waals surface area contributed by atoms with Gasteiger partial charge in [-0.25, -0.2) is 4.98 Å². The molecule has 0 radical (unpaired) electrons. The highest BCUT2D eigenvalue weighted by Crippen LogP contribution is 2.15. The first-order chi connectivity index (χ1) is 7.11. The second-order valence-electron chi connectivity index (χ2n) is 2.76. The zero-order valence-electron chi connectivity index (χ0n) is 7.96. The summed E-state index contributed by atoms with van der Waals surface area (Å²) in [6.07, 6.45) is 1.78. The summed E-state index contributed by atoms with van der Waals surface area (Å²) < 4.78 is 0. The molecule has 1 N–H and O–H groups in total. The van der Waals surface area contributed by atoms with Crippen LogP contribution in [0.3, 0.4) is 0 Å². The minimum atomic E-state index is 0.332. The summed E-state index contributed by atoms with van der Waals surface area (Å²) in [6.45, 7) is 2.11. The summed E-state index contributed by atoms with van der Waals surface area (Å²) in [5.74, 6) is 0.543. The molecule has 0 aliphatic heterocycles. The number of nitriles is 1. The summed E-state index contributed by atoms with van der Waals surface area (Å²) in [5.41, 5.74) is 0.846. The van der Waals surface area contributed by atoms with Crippen LogP contribution in [0.25, 0.3) is 0 Å². The predicted octanol–water partition coefficient (Wildman–Crippen LogP) is 2.38. The maximum absolute atomic E-state index is 8.33. The molecule has 1 aromatic rings. The van der Waals surface area contributed by atoms with Gasteiger partial charge in [0, 0.05) is 0 Å². The number of hydrogen-bond donors (Lipinski definition) is 1. The van der Waals surface area contributed by atoms with E-state index in [1.807, 2.05) is 0 Å². The lowest BCUT2D eigenvalue weighted by atomic mass is 10.3. The molecule has 78 valence electrons. The molecule has 0 aliphatic carbocycles. The lowest BCUT2D eigenvalue weighted by Gasteiger charge is -2.00. The molecule has 6 heteroatoms. The molecule has 0 unspecified atom stereocenters. The number of hydrogen-bond acceptors (Lipinski definition) is 3. The molecule has 1 aromatic heterocycles. The fourth-order valence-electron chi connectivity index (χ4n) is 0.936. The number of halogens is 2. The number of nitrogens with one attached hydrogen (secondary N) is 1. The van der Waals surface area contributed by atoms with Gasteiger partial charge in [0.15, 0.2) is 6.19 Å². The van der Waals surface area contributed by atoms with Gasteiger partial charge in [-0.05, 0) is 24.6 Å². The van der Waals surface area contributed by atoms with E-state index in [0.717, 1.165) is 5.56 Å². The van der Waals surface area contributed by atoms with Gasteiger partial charge in [0.25, 0.3) is 0 Å². The standard InChI is InChI=1S/C9H8Cl2N4/c1-6(14-5-12)13-4-7-2-8(10)15-9(11)3-7/h2-3H,4H2,1H3,(H,13,14). The Bertz CT molecular complexity index is 402. The van der Waals surface area contributed by atoms with Gasteiger partial charge in [-0.3, -0.25) is 10.3 Å².